The Morgan fingerprint density at radius 1 is 1.25 bits per heavy atom. The third kappa shape index (κ3) is 1.58. The number of hydrogen-bond donors (Lipinski definition) is 0. The van der Waals surface area contributed by atoms with Crippen molar-refractivity contribution in [1.82, 2.24) is 0 Å². The van der Waals surface area contributed by atoms with E-state index in [1.807, 2.05) is 0 Å². The molecule has 7 heteroatoms. The Kier molecular flexibility index (Phi) is 2.00. The van der Waals surface area contributed by atoms with E-state index in [0.29, 0.717) is 6.42 Å². The van der Waals surface area contributed by atoms with Gasteiger partial charge in [-0.25, -0.2) is 0 Å². The molecule has 0 aromatic rings. The lowest BCUT2D eigenvalue weighted by molar-refractivity contribution is -0.190. The van der Waals surface area contributed by atoms with Gasteiger partial charge >= 0.3 is 12.1 Å². The van der Waals surface area contributed by atoms with E-state index < -0.39 is 30.8 Å². The molecule has 3 saturated heterocycles. The molecule has 0 amide bonds. The molecule has 0 N–H and O–H groups in total. The molecule has 90 valence electrons. The smallest absolute Gasteiger partial charge is 0.422 e. The fourth-order valence-electron chi connectivity index (χ4n) is 2.44. The first-order chi connectivity index (χ1) is 7.46. The molecule has 4 nitrogen and oxygen atoms in total. The topological polar surface area (TPSA) is 48.1 Å². The van der Waals surface area contributed by atoms with Crippen molar-refractivity contribution >= 4 is 5.97 Å². The lowest BCUT2D eigenvalue weighted by atomic mass is 9.89. The summed E-state index contributed by atoms with van der Waals surface area (Å²) >= 11 is 0. The predicted molar refractivity (Wildman–Crippen MR) is 42.4 cm³/mol. The van der Waals surface area contributed by atoms with E-state index in [1.54, 1.807) is 0 Å². The van der Waals surface area contributed by atoms with Gasteiger partial charge in [-0.05, 0) is 6.42 Å². The molecule has 3 rings (SSSR count). The quantitative estimate of drug-likeness (QED) is 0.523. The summed E-state index contributed by atoms with van der Waals surface area (Å²) in [5.74, 6) is -1.44. The fourth-order valence-corrected chi connectivity index (χ4v) is 2.44. The maximum absolute atomic E-state index is 11.8. The monoisotopic (exact) mass is 238 g/mol. The van der Waals surface area contributed by atoms with E-state index in [-0.39, 0.29) is 18.3 Å². The predicted octanol–water partition coefficient (Wildman–Crippen LogP) is 0.647. The van der Waals surface area contributed by atoms with Crippen LogP contribution >= 0.6 is 0 Å². The molecule has 0 aromatic carbocycles. The highest BCUT2D eigenvalue weighted by Crippen LogP contribution is 2.51. The Morgan fingerprint density at radius 3 is 2.56 bits per heavy atom. The first-order valence-corrected chi connectivity index (χ1v) is 5.00. The van der Waals surface area contributed by atoms with Gasteiger partial charge in [0.25, 0.3) is 0 Å². The number of ether oxygens (including phenoxy) is 3. The van der Waals surface area contributed by atoms with Crippen LogP contribution in [0.3, 0.4) is 0 Å². The zero-order valence-electron chi connectivity index (χ0n) is 8.07. The average molecular weight is 238 g/mol. The van der Waals surface area contributed by atoms with E-state index in [2.05, 4.69) is 4.74 Å². The molecule has 0 radical (unpaired) electrons. The van der Waals surface area contributed by atoms with Gasteiger partial charge in [-0.15, -0.1) is 0 Å². The molecule has 16 heavy (non-hydrogen) atoms. The molecule has 0 saturated carbocycles. The minimum absolute atomic E-state index is 0.0525. The van der Waals surface area contributed by atoms with Crippen LogP contribution in [0.1, 0.15) is 6.42 Å². The van der Waals surface area contributed by atoms with E-state index in [1.165, 1.54) is 0 Å². The van der Waals surface area contributed by atoms with Gasteiger partial charge in [0, 0.05) is 0 Å². The Hall–Kier alpha value is -0.820. The van der Waals surface area contributed by atoms with E-state index >= 15 is 0 Å². The van der Waals surface area contributed by atoms with Gasteiger partial charge in [0.1, 0.15) is 18.3 Å². The standard InChI is InChI=1S/C9H9F3O4/c10-9(11,12)2-14-8(13)3-1-4-6-7(16-6)5(3)15-4/h3-7H,1-2H2/t3-,4-,5+,6+,7-/m0/s1. The van der Waals surface area contributed by atoms with E-state index in [9.17, 15) is 18.0 Å². The number of hydrogen-bond acceptors (Lipinski definition) is 4. The summed E-state index contributed by atoms with van der Waals surface area (Å²) in [5.41, 5.74) is 0. The largest absolute Gasteiger partial charge is 0.456 e. The number of halogens is 3. The van der Waals surface area contributed by atoms with E-state index in [4.69, 9.17) is 9.47 Å². The summed E-state index contributed by atoms with van der Waals surface area (Å²) in [5, 5.41) is 0. The molecule has 3 aliphatic rings. The van der Waals surface area contributed by atoms with Gasteiger partial charge in [-0.3, -0.25) is 4.79 Å². The lowest BCUT2D eigenvalue weighted by Gasteiger charge is -2.16. The van der Waals surface area contributed by atoms with Crippen LogP contribution < -0.4 is 0 Å². The zero-order valence-corrected chi connectivity index (χ0v) is 8.07. The summed E-state index contributed by atoms with van der Waals surface area (Å²) in [4.78, 5) is 11.4. The maximum Gasteiger partial charge on any atom is 0.422 e. The summed E-state index contributed by atoms with van der Waals surface area (Å²) in [6.07, 6.45) is -4.68. The molecule has 0 spiro atoms. The highest BCUT2D eigenvalue weighted by atomic mass is 19.4. The summed E-state index contributed by atoms with van der Waals surface area (Å²) in [7, 11) is 0. The number of carbonyl (C=O) groups is 1. The number of carbonyl (C=O) groups excluding carboxylic acids is 1. The van der Waals surface area contributed by atoms with Crippen LogP contribution in [0.25, 0.3) is 0 Å². The third-order valence-corrected chi connectivity index (χ3v) is 3.15. The zero-order chi connectivity index (χ0) is 11.5. The number of epoxide rings is 1. The molecule has 3 fully saturated rings. The van der Waals surface area contributed by atoms with Crippen LogP contribution in [0.5, 0.6) is 0 Å². The Balaban J connectivity index is 1.56. The molecule has 3 aliphatic heterocycles. The molecule has 2 bridgehead atoms. The van der Waals surface area contributed by atoms with Gasteiger partial charge in [-0.2, -0.15) is 13.2 Å². The Morgan fingerprint density at radius 2 is 2.00 bits per heavy atom. The summed E-state index contributed by atoms with van der Waals surface area (Å²) in [6.45, 7) is -1.53. The summed E-state index contributed by atoms with van der Waals surface area (Å²) < 4.78 is 50.3. The highest BCUT2D eigenvalue weighted by molar-refractivity contribution is 5.74. The Labute approximate surface area is 88.6 Å². The Bertz CT molecular complexity index is 329. The second-order valence-electron chi connectivity index (χ2n) is 4.27. The van der Waals surface area contributed by atoms with Crippen LogP contribution in [-0.2, 0) is 19.0 Å². The minimum Gasteiger partial charge on any atom is -0.456 e. The molecular weight excluding hydrogens is 229 g/mol. The molecule has 0 unspecified atom stereocenters. The van der Waals surface area contributed by atoms with Crippen LogP contribution in [0, 0.1) is 5.92 Å². The second-order valence-corrected chi connectivity index (χ2v) is 4.27. The van der Waals surface area contributed by atoms with Crippen molar-refractivity contribution in [1.29, 1.82) is 0 Å². The van der Waals surface area contributed by atoms with Gasteiger partial charge in [0.15, 0.2) is 6.61 Å². The normalized spacial score (nSPS) is 44.3. The molecule has 3 heterocycles. The lowest BCUT2D eigenvalue weighted by Crippen LogP contribution is -2.33. The molecule has 0 aliphatic carbocycles. The SMILES string of the molecule is O=C(OCC(F)(F)F)[C@H]1C[C@@H]2O[C@H]1[C@@H]1O[C@@H]12. The van der Waals surface area contributed by atoms with Gasteiger partial charge in [0.05, 0.1) is 12.0 Å². The first kappa shape index (κ1) is 10.3. The van der Waals surface area contributed by atoms with Crippen LogP contribution in [0.2, 0.25) is 0 Å². The van der Waals surface area contributed by atoms with Crippen molar-refractivity contribution in [2.24, 2.45) is 5.92 Å². The number of fused-ring (bicyclic) bond motifs is 5. The van der Waals surface area contributed by atoms with Gasteiger partial charge < -0.3 is 14.2 Å². The maximum atomic E-state index is 11.8. The van der Waals surface area contributed by atoms with Crippen molar-refractivity contribution < 1.29 is 32.2 Å². The van der Waals surface area contributed by atoms with Crippen molar-refractivity contribution in [2.45, 2.75) is 37.0 Å². The van der Waals surface area contributed by atoms with Crippen molar-refractivity contribution in [3.63, 3.8) is 0 Å². The third-order valence-electron chi connectivity index (χ3n) is 3.15. The van der Waals surface area contributed by atoms with Crippen LogP contribution in [0.4, 0.5) is 13.2 Å². The number of alkyl halides is 3. The van der Waals surface area contributed by atoms with Crippen molar-refractivity contribution in [2.75, 3.05) is 6.61 Å². The number of esters is 1. The van der Waals surface area contributed by atoms with Gasteiger partial charge in [0.2, 0.25) is 0 Å². The second kappa shape index (κ2) is 3.10. The molecule has 5 atom stereocenters. The summed E-state index contributed by atoms with van der Waals surface area (Å²) in [6, 6.07) is 0. The fraction of sp³-hybridized carbons (Fsp3) is 0.889. The average Bonchev–Trinajstić information content (AvgIpc) is 2.80. The highest BCUT2D eigenvalue weighted by Gasteiger charge is 2.66. The van der Waals surface area contributed by atoms with Gasteiger partial charge in [-0.1, -0.05) is 0 Å². The minimum atomic E-state index is -4.48. The molecule has 0 aromatic heterocycles. The van der Waals surface area contributed by atoms with Crippen LogP contribution in [0.15, 0.2) is 0 Å². The van der Waals surface area contributed by atoms with E-state index in [0.717, 1.165) is 0 Å². The molecular formula is C9H9F3O4. The number of rotatable bonds is 2. The first-order valence-electron chi connectivity index (χ1n) is 5.00. The van der Waals surface area contributed by atoms with Crippen molar-refractivity contribution in [3.8, 4) is 0 Å². The van der Waals surface area contributed by atoms with Crippen molar-refractivity contribution in [3.05, 3.63) is 0 Å². The van der Waals surface area contributed by atoms with Crippen LogP contribution in [-0.4, -0.2) is 43.2 Å².